The molecule has 0 radical (unpaired) electrons. The lowest BCUT2D eigenvalue weighted by Crippen LogP contribution is -2.51. The molecule has 1 saturated carbocycles. The van der Waals surface area contributed by atoms with Crippen LogP contribution in [0, 0.1) is 16.7 Å². The third-order valence-electron chi connectivity index (χ3n) is 8.98. The first-order valence-electron chi connectivity index (χ1n) is 15.1. The Bertz CT molecular complexity index is 1530. The fourth-order valence-electron chi connectivity index (χ4n) is 6.72. The highest BCUT2D eigenvalue weighted by molar-refractivity contribution is 7.09. The smallest absolute Gasteiger partial charge is 0.334 e. The van der Waals surface area contributed by atoms with Gasteiger partial charge < -0.3 is 20.4 Å². The summed E-state index contributed by atoms with van der Waals surface area (Å²) < 4.78 is 0. The number of benzene rings is 1. The van der Waals surface area contributed by atoms with Crippen LogP contribution in [-0.2, 0) is 20.8 Å². The van der Waals surface area contributed by atoms with E-state index in [0.29, 0.717) is 39.1 Å². The Kier molecular flexibility index (Phi) is 10.5. The third-order valence-corrected chi connectivity index (χ3v) is 10.5. The standard InChI is InChI=1S/C32H35Cl2N5O5S/c33-20-5-4-6-21(34)26(20)29-27(30(41)42)22(7-8-24-36-11-16-45-24)37-23(28(29)31(43)44)17-25(40)39-14-12-38(13-15-39)19-32(18-35)9-2-1-3-10-32/h4-6,11,16,29,37H,1-3,7-10,12-15,17,19H2,(H,41,42)(H,43,44). The number of aryl methyl sites for hydroxylation is 1. The fraction of sp³-hybridized carbons (Fsp3) is 0.469. The van der Waals surface area contributed by atoms with E-state index >= 15 is 0 Å². The number of hydrogen-bond donors (Lipinski definition) is 3. The number of carboxylic acids is 2. The lowest BCUT2D eigenvalue weighted by atomic mass is 9.75. The van der Waals surface area contributed by atoms with Crippen molar-refractivity contribution in [3.8, 4) is 6.07 Å². The second-order valence-electron chi connectivity index (χ2n) is 11.8. The maximum absolute atomic E-state index is 13.7. The van der Waals surface area contributed by atoms with E-state index in [-0.39, 0.29) is 62.3 Å². The highest BCUT2D eigenvalue weighted by Gasteiger charge is 2.41. The van der Waals surface area contributed by atoms with Crippen molar-refractivity contribution < 1.29 is 24.6 Å². The highest BCUT2D eigenvalue weighted by Crippen LogP contribution is 2.45. The van der Waals surface area contributed by atoms with Gasteiger partial charge >= 0.3 is 11.9 Å². The summed E-state index contributed by atoms with van der Waals surface area (Å²) in [6.45, 7) is 2.82. The van der Waals surface area contributed by atoms with Crippen molar-refractivity contribution in [3.63, 3.8) is 0 Å². The molecular formula is C32H35Cl2N5O5S. The van der Waals surface area contributed by atoms with Gasteiger partial charge in [0.1, 0.15) is 0 Å². The van der Waals surface area contributed by atoms with Gasteiger partial charge in [-0.05, 0) is 31.4 Å². The number of nitrogens with one attached hydrogen (secondary N) is 1. The summed E-state index contributed by atoms with van der Waals surface area (Å²) in [5.74, 6) is -4.27. The van der Waals surface area contributed by atoms with Gasteiger partial charge in [-0.3, -0.25) is 9.69 Å². The summed E-state index contributed by atoms with van der Waals surface area (Å²) in [6.07, 6.45) is 7.10. The maximum Gasteiger partial charge on any atom is 0.334 e. The maximum atomic E-state index is 13.7. The number of hydrogen-bond acceptors (Lipinski definition) is 8. The number of carbonyl (C=O) groups is 3. The minimum absolute atomic E-state index is 0.112. The molecular weight excluding hydrogens is 637 g/mol. The highest BCUT2D eigenvalue weighted by atomic mass is 35.5. The number of dihydropyridines is 1. The Labute approximate surface area is 275 Å². The molecule has 2 aromatic rings. The van der Waals surface area contributed by atoms with Gasteiger partial charge in [-0.2, -0.15) is 5.26 Å². The van der Waals surface area contributed by atoms with Crippen LogP contribution >= 0.6 is 34.5 Å². The van der Waals surface area contributed by atoms with Gasteiger partial charge in [0.25, 0.3) is 0 Å². The third kappa shape index (κ3) is 7.36. The fourth-order valence-corrected chi connectivity index (χ4v) is 7.95. The summed E-state index contributed by atoms with van der Waals surface area (Å²) in [4.78, 5) is 47.6. The van der Waals surface area contributed by atoms with E-state index < -0.39 is 17.9 Å². The lowest BCUT2D eigenvalue weighted by Gasteiger charge is -2.40. The molecule has 1 aromatic heterocycles. The Morgan fingerprint density at radius 1 is 1.00 bits per heavy atom. The summed E-state index contributed by atoms with van der Waals surface area (Å²) in [6, 6.07) is 7.24. The molecule has 1 aliphatic carbocycles. The van der Waals surface area contributed by atoms with E-state index in [1.165, 1.54) is 23.5 Å². The van der Waals surface area contributed by atoms with Gasteiger partial charge in [0.2, 0.25) is 5.91 Å². The summed E-state index contributed by atoms with van der Waals surface area (Å²) in [5, 5.41) is 36.7. The zero-order valence-electron chi connectivity index (χ0n) is 24.7. The second-order valence-corrected chi connectivity index (χ2v) is 13.6. The molecule has 0 bridgehead atoms. The molecule has 10 nitrogen and oxygen atoms in total. The molecule has 3 aliphatic rings. The minimum atomic E-state index is -1.37. The van der Waals surface area contributed by atoms with Crippen LogP contribution in [0.15, 0.2) is 52.3 Å². The number of nitrogens with zero attached hydrogens (tertiary/aromatic N) is 4. The zero-order chi connectivity index (χ0) is 32.1. The number of piperazine rings is 1. The predicted molar refractivity (Wildman–Crippen MR) is 171 cm³/mol. The van der Waals surface area contributed by atoms with Crippen LogP contribution in [0.25, 0.3) is 0 Å². The van der Waals surface area contributed by atoms with E-state index in [4.69, 9.17) is 23.2 Å². The number of carbonyl (C=O) groups excluding carboxylic acids is 1. The summed E-state index contributed by atoms with van der Waals surface area (Å²) in [5.41, 5.74) is -0.239. The number of carboxylic acid groups (broad SMARTS) is 2. The molecule has 1 unspecified atom stereocenters. The molecule has 3 N–H and O–H groups in total. The van der Waals surface area contributed by atoms with Gasteiger partial charge in [-0.25, -0.2) is 14.6 Å². The molecule has 1 saturated heterocycles. The number of allylic oxidation sites excluding steroid dienone is 1. The number of aromatic nitrogens is 1. The van der Waals surface area contributed by atoms with E-state index in [1.807, 2.05) is 5.38 Å². The first-order valence-corrected chi connectivity index (χ1v) is 16.7. The Hall–Kier alpha value is -3.43. The van der Waals surface area contributed by atoms with Crippen LogP contribution in [0.2, 0.25) is 10.0 Å². The van der Waals surface area contributed by atoms with Gasteiger partial charge in [0.05, 0.1) is 40.0 Å². The molecule has 2 fully saturated rings. The predicted octanol–water partition coefficient (Wildman–Crippen LogP) is 5.46. The van der Waals surface area contributed by atoms with Crippen LogP contribution in [0.5, 0.6) is 0 Å². The first kappa shape index (κ1) is 32.9. The molecule has 13 heteroatoms. The number of aliphatic carboxylic acids is 2. The molecule has 5 rings (SSSR count). The van der Waals surface area contributed by atoms with E-state index in [2.05, 4.69) is 21.3 Å². The average Bonchev–Trinajstić information content (AvgIpc) is 3.54. The molecule has 0 spiro atoms. The SMILES string of the molecule is N#CC1(CN2CCN(C(=O)CC3=C(C(=O)O)C(c4c(Cl)cccc4Cl)C(C(=O)O)=C(CCc4nccs4)N3)CC2)CCCCC1. The van der Waals surface area contributed by atoms with Crippen molar-refractivity contribution in [2.45, 2.75) is 57.3 Å². The molecule has 1 amide bonds. The molecule has 45 heavy (non-hydrogen) atoms. The number of thiazole rings is 1. The molecule has 1 aromatic carbocycles. The van der Waals surface area contributed by atoms with E-state index in [9.17, 15) is 29.9 Å². The van der Waals surface area contributed by atoms with Crippen molar-refractivity contribution in [2.75, 3.05) is 32.7 Å². The van der Waals surface area contributed by atoms with E-state index in [0.717, 1.165) is 37.1 Å². The summed E-state index contributed by atoms with van der Waals surface area (Å²) in [7, 11) is 0. The normalized spacial score (nSPS) is 20.5. The number of halogens is 2. The lowest BCUT2D eigenvalue weighted by molar-refractivity contribution is -0.133. The van der Waals surface area contributed by atoms with Crippen molar-refractivity contribution in [3.05, 3.63) is 72.9 Å². The van der Waals surface area contributed by atoms with Gasteiger partial charge in [0, 0.05) is 77.7 Å². The minimum Gasteiger partial charge on any atom is -0.478 e. The average molecular weight is 673 g/mol. The largest absolute Gasteiger partial charge is 0.478 e. The van der Waals surface area contributed by atoms with Crippen LogP contribution in [0.1, 0.15) is 61.4 Å². The monoisotopic (exact) mass is 671 g/mol. The van der Waals surface area contributed by atoms with Crippen molar-refractivity contribution in [1.29, 1.82) is 5.26 Å². The Morgan fingerprint density at radius 2 is 1.64 bits per heavy atom. The Balaban J connectivity index is 1.42. The summed E-state index contributed by atoms with van der Waals surface area (Å²) >= 11 is 14.5. The van der Waals surface area contributed by atoms with E-state index in [1.54, 1.807) is 17.2 Å². The van der Waals surface area contributed by atoms with Crippen molar-refractivity contribution >= 4 is 52.4 Å². The molecule has 3 heterocycles. The number of nitriles is 1. The van der Waals surface area contributed by atoms with Crippen molar-refractivity contribution in [1.82, 2.24) is 20.1 Å². The van der Waals surface area contributed by atoms with Gasteiger partial charge in [-0.15, -0.1) is 11.3 Å². The first-order chi connectivity index (χ1) is 21.6. The van der Waals surface area contributed by atoms with Gasteiger partial charge in [0.15, 0.2) is 0 Å². The van der Waals surface area contributed by atoms with Crippen LogP contribution in [-0.4, -0.2) is 75.6 Å². The van der Waals surface area contributed by atoms with Crippen LogP contribution < -0.4 is 5.32 Å². The molecule has 238 valence electrons. The molecule has 1 atom stereocenters. The zero-order valence-corrected chi connectivity index (χ0v) is 27.1. The van der Waals surface area contributed by atoms with Crippen molar-refractivity contribution in [2.24, 2.45) is 5.41 Å². The number of amides is 1. The Morgan fingerprint density at radius 3 is 2.22 bits per heavy atom. The second kappa shape index (κ2) is 14.3. The quantitative estimate of drug-likeness (QED) is 0.300. The topological polar surface area (TPSA) is 147 Å². The van der Waals surface area contributed by atoms with Crippen LogP contribution in [0.3, 0.4) is 0 Å². The van der Waals surface area contributed by atoms with Crippen LogP contribution in [0.4, 0.5) is 0 Å². The molecule has 2 aliphatic heterocycles. The van der Waals surface area contributed by atoms with Gasteiger partial charge in [-0.1, -0.05) is 48.5 Å². The number of rotatable bonds is 10.